The molecule has 0 unspecified atom stereocenters. The predicted molar refractivity (Wildman–Crippen MR) is 103 cm³/mol. The van der Waals surface area contributed by atoms with Crippen LogP contribution in [0.25, 0.3) is 0 Å². The highest BCUT2D eigenvalue weighted by atomic mass is 79.9. The number of likely N-dealkylation sites (tertiary alicyclic amines) is 1. The van der Waals surface area contributed by atoms with Crippen LogP contribution in [0.2, 0.25) is 0 Å². The average molecular weight is 401 g/mol. The molecule has 0 bridgehead atoms. The molecule has 1 saturated heterocycles. The molecule has 0 aromatic heterocycles. The van der Waals surface area contributed by atoms with Crippen LogP contribution in [0.3, 0.4) is 0 Å². The van der Waals surface area contributed by atoms with Crippen molar-refractivity contribution in [3.05, 3.63) is 64.1 Å². The number of rotatable bonds is 3. The summed E-state index contributed by atoms with van der Waals surface area (Å²) in [5.74, 6) is -0.0975. The van der Waals surface area contributed by atoms with Crippen molar-refractivity contribution in [1.29, 1.82) is 0 Å². The molecule has 0 aliphatic carbocycles. The Morgan fingerprint density at radius 1 is 0.880 bits per heavy atom. The Bertz CT molecular complexity index is 751. The van der Waals surface area contributed by atoms with Gasteiger partial charge in [-0.3, -0.25) is 9.59 Å². The Hall–Kier alpha value is -2.14. The Morgan fingerprint density at radius 3 is 2.20 bits per heavy atom. The molecule has 2 aromatic carbocycles. The third-order valence-corrected chi connectivity index (χ3v) is 4.86. The molecule has 1 heterocycles. The summed E-state index contributed by atoms with van der Waals surface area (Å²) in [5, 5.41) is 2.86. The zero-order valence-electron chi connectivity index (χ0n) is 14.0. The highest BCUT2D eigenvalue weighted by molar-refractivity contribution is 9.10. The zero-order chi connectivity index (χ0) is 17.6. The van der Waals surface area contributed by atoms with E-state index in [1.165, 1.54) is 12.8 Å². The average Bonchev–Trinajstić information content (AvgIpc) is 2.91. The van der Waals surface area contributed by atoms with E-state index >= 15 is 0 Å². The van der Waals surface area contributed by atoms with Crippen LogP contribution in [0.15, 0.2) is 53.0 Å². The van der Waals surface area contributed by atoms with E-state index in [0.29, 0.717) is 16.8 Å². The van der Waals surface area contributed by atoms with Gasteiger partial charge in [0.1, 0.15) is 0 Å². The van der Waals surface area contributed by atoms with Gasteiger partial charge in [-0.1, -0.05) is 34.8 Å². The fraction of sp³-hybridized carbons (Fsp3) is 0.300. The number of carbonyl (C=O) groups excluding carboxylic acids is 2. The fourth-order valence-corrected chi connectivity index (χ4v) is 3.38. The highest BCUT2D eigenvalue weighted by Gasteiger charge is 2.17. The van der Waals surface area contributed by atoms with Crippen molar-refractivity contribution in [1.82, 2.24) is 4.90 Å². The van der Waals surface area contributed by atoms with Crippen LogP contribution in [-0.2, 0) is 0 Å². The molecular formula is C20H21BrN2O2. The molecule has 1 N–H and O–H groups in total. The van der Waals surface area contributed by atoms with Gasteiger partial charge in [0.2, 0.25) is 0 Å². The van der Waals surface area contributed by atoms with E-state index in [1.54, 1.807) is 36.4 Å². The SMILES string of the molecule is O=C(Nc1ccc(C(=O)N2CCCCCC2)cc1)c1cccc(Br)c1. The third kappa shape index (κ3) is 4.69. The van der Waals surface area contributed by atoms with E-state index in [-0.39, 0.29) is 11.8 Å². The topological polar surface area (TPSA) is 49.4 Å². The molecule has 1 aliphatic rings. The molecule has 0 atom stereocenters. The number of anilines is 1. The van der Waals surface area contributed by atoms with Crippen LogP contribution in [-0.4, -0.2) is 29.8 Å². The van der Waals surface area contributed by atoms with Gasteiger partial charge < -0.3 is 10.2 Å². The maximum atomic E-state index is 12.6. The minimum Gasteiger partial charge on any atom is -0.339 e. The minimum atomic E-state index is -0.173. The number of halogens is 1. The summed E-state index contributed by atoms with van der Waals surface area (Å²) >= 11 is 3.36. The van der Waals surface area contributed by atoms with Crippen molar-refractivity contribution >= 4 is 33.4 Å². The van der Waals surface area contributed by atoms with Crippen LogP contribution in [0.5, 0.6) is 0 Å². The van der Waals surface area contributed by atoms with Crippen molar-refractivity contribution in [3.8, 4) is 0 Å². The second kappa shape index (κ2) is 8.30. The van der Waals surface area contributed by atoms with E-state index in [4.69, 9.17) is 0 Å². The van der Waals surface area contributed by atoms with Crippen LogP contribution in [0.1, 0.15) is 46.4 Å². The second-order valence-corrected chi connectivity index (χ2v) is 7.16. The molecule has 1 fully saturated rings. The zero-order valence-corrected chi connectivity index (χ0v) is 15.6. The van der Waals surface area contributed by atoms with Gasteiger partial charge in [0.15, 0.2) is 0 Å². The molecule has 3 rings (SSSR count). The standard InChI is InChI=1S/C20H21BrN2O2/c21-17-7-5-6-16(14-17)19(24)22-18-10-8-15(9-11-18)20(25)23-12-3-1-2-4-13-23/h5-11,14H,1-4,12-13H2,(H,22,24). The van der Waals surface area contributed by atoms with Crippen LogP contribution < -0.4 is 5.32 Å². The maximum Gasteiger partial charge on any atom is 0.255 e. The van der Waals surface area contributed by atoms with E-state index < -0.39 is 0 Å². The smallest absolute Gasteiger partial charge is 0.255 e. The number of benzene rings is 2. The molecule has 5 heteroatoms. The molecule has 1 aliphatic heterocycles. The van der Waals surface area contributed by atoms with Crippen LogP contribution in [0.4, 0.5) is 5.69 Å². The summed E-state index contributed by atoms with van der Waals surface area (Å²) in [4.78, 5) is 26.8. The quantitative estimate of drug-likeness (QED) is 0.809. The number of nitrogens with zero attached hydrogens (tertiary/aromatic N) is 1. The summed E-state index contributed by atoms with van der Waals surface area (Å²) < 4.78 is 0.860. The lowest BCUT2D eigenvalue weighted by atomic mass is 10.1. The van der Waals surface area contributed by atoms with Gasteiger partial charge in [0.25, 0.3) is 11.8 Å². The van der Waals surface area contributed by atoms with Gasteiger partial charge in [-0.15, -0.1) is 0 Å². The molecular weight excluding hydrogens is 380 g/mol. The largest absolute Gasteiger partial charge is 0.339 e. The summed E-state index contributed by atoms with van der Waals surface area (Å²) in [7, 11) is 0. The summed E-state index contributed by atoms with van der Waals surface area (Å²) in [6.07, 6.45) is 4.55. The lowest BCUT2D eigenvalue weighted by Gasteiger charge is -2.20. The van der Waals surface area contributed by atoms with E-state index in [2.05, 4.69) is 21.2 Å². The lowest BCUT2D eigenvalue weighted by Crippen LogP contribution is -2.31. The highest BCUT2D eigenvalue weighted by Crippen LogP contribution is 2.17. The first-order chi connectivity index (χ1) is 12.1. The third-order valence-electron chi connectivity index (χ3n) is 4.37. The Labute approximate surface area is 156 Å². The van der Waals surface area contributed by atoms with Crippen molar-refractivity contribution in [3.63, 3.8) is 0 Å². The molecule has 0 spiro atoms. The summed E-state index contributed by atoms with van der Waals surface area (Å²) in [5.41, 5.74) is 1.93. The molecule has 130 valence electrons. The van der Waals surface area contributed by atoms with Gasteiger partial charge in [-0.25, -0.2) is 0 Å². The number of nitrogens with one attached hydrogen (secondary N) is 1. The number of amides is 2. The molecule has 2 amide bonds. The van der Waals surface area contributed by atoms with Gasteiger partial charge in [-0.05, 0) is 55.3 Å². The minimum absolute atomic E-state index is 0.0757. The van der Waals surface area contributed by atoms with E-state index in [0.717, 1.165) is 30.4 Å². The van der Waals surface area contributed by atoms with Gasteiger partial charge in [-0.2, -0.15) is 0 Å². The Balaban J connectivity index is 1.65. The molecule has 0 radical (unpaired) electrons. The van der Waals surface area contributed by atoms with E-state index in [1.807, 2.05) is 17.0 Å². The number of hydrogen-bond donors (Lipinski definition) is 1. The van der Waals surface area contributed by atoms with Crippen LogP contribution >= 0.6 is 15.9 Å². The van der Waals surface area contributed by atoms with Gasteiger partial charge in [0, 0.05) is 34.4 Å². The monoisotopic (exact) mass is 400 g/mol. The van der Waals surface area contributed by atoms with Gasteiger partial charge >= 0.3 is 0 Å². The molecule has 0 saturated carbocycles. The molecule has 2 aromatic rings. The fourth-order valence-electron chi connectivity index (χ4n) is 2.99. The van der Waals surface area contributed by atoms with Crippen molar-refractivity contribution in [2.75, 3.05) is 18.4 Å². The second-order valence-electron chi connectivity index (χ2n) is 6.25. The summed E-state index contributed by atoms with van der Waals surface area (Å²) in [6.45, 7) is 1.67. The van der Waals surface area contributed by atoms with Crippen molar-refractivity contribution in [2.45, 2.75) is 25.7 Å². The first kappa shape index (κ1) is 17.7. The van der Waals surface area contributed by atoms with E-state index in [9.17, 15) is 9.59 Å². The predicted octanol–water partition coefficient (Wildman–Crippen LogP) is 4.72. The molecule has 25 heavy (non-hydrogen) atoms. The van der Waals surface area contributed by atoms with Gasteiger partial charge in [0.05, 0.1) is 0 Å². The number of carbonyl (C=O) groups is 2. The van der Waals surface area contributed by atoms with Crippen molar-refractivity contribution in [2.24, 2.45) is 0 Å². The summed E-state index contributed by atoms with van der Waals surface area (Å²) in [6, 6.07) is 14.3. The number of hydrogen-bond acceptors (Lipinski definition) is 2. The first-order valence-electron chi connectivity index (χ1n) is 8.60. The lowest BCUT2D eigenvalue weighted by molar-refractivity contribution is 0.0761. The normalized spacial score (nSPS) is 14.7. The molecule has 4 nitrogen and oxygen atoms in total. The van der Waals surface area contributed by atoms with Crippen molar-refractivity contribution < 1.29 is 9.59 Å². The maximum absolute atomic E-state index is 12.6. The first-order valence-corrected chi connectivity index (χ1v) is 9.39. The Kier molecular flexibility index (Phi) is 5.87. The Morgan fingerprint density at radius 2 is 1.56 bits per heavy atom. The van der Waals surface area contributed by atoms with Crippen LogP contribution in [0, 0.1) is 0 Å².